The molecule has 0 aliphatic heterocycles. The minimum Gasteiger partial charge on any atom is -0.496 e. The molecule has 112 valence electrons. The van der Waals surface area contributed by atoms with E-state index in [1.807, 2.05) is 6.92 Å². The van der Waals surface area contributed by atoms with E-state index in [1.54, 1.807) is 19.1 Å². The van der Waals surface area contributed by atoms with Crippen molar-refractivity contribution < 1.29 is 23.0 Å². The predicted molar refractivity (Wildman–Crippen MR) is 72.8 cm³/mol. The van der Waals surface area contributed by atoms with E-state index >= 15 is 0 Å². The molecular formula is C16H15F3O2. The number of hydrogen-bond acceptors (Lipinski definition) is 2. The van der Waals surface area contributed by atoms with Gasteiger partial charge in [0.05, 0.1) is 7.11 Å². The Morgan fingerprint density at radius 3 is 2.33 bits per heavy atom. The molecule has 0 radical (unpaired) electrons. The molecule has 2 aromatic rings. The zero-order valence-electron chi connectivity index (χ0n) is 11.9. The Balaban J connectivity index is 2.60. The van der Waals surface area contributed by atoms with Crippen molar-refractivity contribution in [1.82, 2.24) is 0 Å². The van der Waals surface area contributed by atoms with E-state index in [-0.39, 0.29) is 5.56 Å². The molecule has 0 heterocycles. The van der Waals surface area contributed by atoms with Gasteiger partial charge in [-0.2, -0.15) is 0 Å². The highest BCUT2D eigenvalue weighted by Crippen LogP contribution is 2.35. The Bertz CT molecular complexity index is 684. The SMILES string of the molecule is COc1cc(C)cc(C)c1C(O)c1ccc(F)c(F)c1F. The number of aliphatic hydroxyl groups is 1. The van der Waals surface area contributed by atoms with Gasteiger partial charge in [0.1, 0.15) is 11.9 Å². The van der Waals surface area contributed by atoms with Crippen molar-refractivity contribution >= 4 is 0 Å². The van der Waals surface area contributed by atoms with Crippen LogP contribution >= 0.6 is 0 Å². The number of rotatable bonds is 3. The Labute approximate surface area is 120 Å². The molecule has 0 amide bonds. The molecule has 0 aliphatic rings. The Morgan fingerprint density at radius 1 is 1.05 bits per heavy atom. The molecule has 0 spiro atoms. The maximum atomic E-state index is 13.8. The second-order valence-electron chi connectivity index (χ2n) is 4.86. The molecule has 1 N–H and O–H groups in total. The van der Waals surface area contributed by atoms with Gasteiger partial charge >= 0.3 is 0 Å². The van der Waals surface area contributed by atoms with Crippen LogP contribution in [0.5, 0.6) is 5.75 Å². The summed E-state index contributed by atoms with van der Waals surface area (Å²) in [5.41, 5.74) is 1.57. The Hall–Kier alpha value is -2.01. The monoisotopic (exact) mass is 296 g/mol. The summed E-state index contributed by atoms with van der Waals surface area (Å²) in [7, 11) is 1.42. The summed E-state index contributed by atoms with van der Waals surface area (Å²) in [6.45, 7) is 3.58. The van der Waals surface area contributed by atoms with Gasteiger partial charge in [-0.3, -0.25) is 0 Å². The number of methoxy groups -OCH3 is 1. The number of ether oxygens (including phenoxy) is 1. The van der Waals surface area contributed by atoms with Gasteiger partial charge < -0.3 is 9.84 Å². The molecule has 1 unspecified atom stereocenters. The van der Waals surface area contributed by atoms with E-state index in [4.69, 9.17) is 4.74 Å². The van der Waals surface area contributed by atoms with E-state index < -0.39 is 23.6 Å². The molecule has 0 saturated heterocycles. The van der Waals surface area contributed by atoms with Gasteiger partial charge in [-0.05, 0) is 37.1 Å². The van der Waals surface area contributed by atoms with E-state index in [2.05, 4.69) is 0 Å². The van der Waals surface area contributed by atoms with Gasteiger partial charge in [-0.25, -0.2) is 13.2 Å². The van der Waals surface area contributed by atoms with Crippen LogP contribution in [0, 0.1) is 31.3 Å². The minimum atomic E-state index is -1.60. The zero-order valence-corrected chi connectivity index (χ0v) is 11.9. The number of hydrogen-bond donors (Lipinski definition) is 1. The van der Waals surface area contributed by atoms with Crippen LogP contribution in [0.2, 0.25) is 0 Å². The fraction of sp³-hybridized carbons (Fsp3) is 0.250. The summed E-state index contributed by atoms with van der Waals surface area (Å²) >= 11 is 0. The molecule has 1 atom stereocenters. The van der Waals surface area contributed by atoms with Crippen LogP contribution in [0.25, 0.3) is 0 Å². The molecule has 0 aliphatic carbocycles. The maximum absolute atomic E-state index is 13.8. The molecule has 2 aromatic carbocycles. The number of aryl methyl sites for hydroxylation is 2. The first-order chi connectivity index (χ1) is 9.86. The van der Waals surface area contributed by atoms with Gasteiger partial charge in [0.2, 0.25) is 0 Å². The van der Waals surface area contributed by atoms with Crippen LogP contribution in [0.1, 0.15) is 28.4 Å². The number of aliphatic hydroxyl groups excluding tert-OH is 1. The van der Waals surface area contributed by atoms with Crippen LogP contribution in [0.15, 0.2) is 24.3 Å². The standard InChI is InChI=1S/C16H15F3O2/c1-8-6-9(2)13(12(7-8)21-3)16(20)10-4-5-11(17)15(19)14(10)18/h4-7,16,20H,1-3H3. The average Bonchev–Trinajstić information content (AvgIpc) is 2.43. The topological polar surface area (TPSA) is 29.5 Å². The van der Waals surface area contributed by atoms with Crippen molar-refractivity contribution in [1.29, 1.82) is 0 Å². The normalized spacial score (nSPS) is 12.3. The van der Waals surface area contributed by atoms with E-state index in [0.717, 1.165) is 17.7 Å². The summed E-state index contributed by atoms with van der Waals surface area (Å²) in [6, 6.07) is 5.28. The first kappa shape index (κ1) is 15.4. The first-order valence-corrected chi connectivity index (χ1v) is 6.33. The smallest absolute Gasteiger partial charge is 0.194 e. The van der Waals surface area contributed by atoms with E-state index in [9.17, 15) is 18.3 Å². The van der Waals surface area contributed by atoms with Crippen molar-refractivity contribution in [3.05, 3.63) is 64.0 Å². The Kier molecular flexibility index (Phi) is 4.23. The average molecular weight is 296 g/mol. The maximum Gasteiger partial charge on any atom is 0.194 e. The summed E-state index contributed by atoms with van der Waals surface area (Å²) in [4.78, 5) is 0. The van der Waals surface area contributed by atoms with Crippen molar-refractivity contribution in [3.63, 3.8) is 0 Å². The summed E-state index contributed by atoms with van der Waals surface area (Å²) < 4.78 is 45.3. The molecule has 5 heteroatoms. The van der Waals surface area contributed by atoms with Gasteiger partial charge in [-0.15, -0.1) is 0 Å². The van der Waals surface area contributed by atoms with Crippen LogP contribution < -0.4 is 4.74 Å². The largest absolute Gasteiger partial charge is 0.496 e. The molecule has 0 aromatic heterocycles. The first-order valence-electron chi connectivity index (χ1n) is 6.33. The lowest BCUT2D eigenvalue weighted by Crippen LogP contribution is -2.09. The Morgan fingerprint density at radius 2 is 1.71 bits per heavy atom. The highest BCUT2D eigenvalue weighted by atomic mass is 19.2. The highest BCUT2D eigenvalue weighted by Gasteiger charge is 2.24. The summed E-state index contributed by atoms with van der Waals surface area (Å²) in [6.07, 6.45) is -1.45. The van der Waals surface area contributed by atoms with Gasteiger partial charge in [-0.1, -0.05) is 12.1 Å². The number of halogens is 3. The summed E-state index contributed by atoms with van der Waals surface area (Å²) in [5, 5.41) is 10.4. The van der Waals surface area contributed by atoms with Crippen molar-refractivity contribution in [2.24, 2.45) is 0 Å². The fourth-order valence-electron chi connectivity index (χ4n) is 2.37. The van der Waals surface area contributed by atoms with Gasteiger partial charge in [0.15, 0.2) is 17.5 Å². The third-order valence-electron chi connectivity index (χ3n) is 3.35. The number of benzene rings is 2. The second kappa shape index (κ2) is 5.77. The van der Waals surface area contributed by atoms with Crippen LogP contribution in [0.3, 0.4) is 0 Å². The zero-order chi connectivity index (χ0) is 15.7. The van der Waals surface area contributed by atoms with Crippen molar-refractivity contribution in [3.8, 4) is 5.75 Å². The van der Waals surface area contributed by atoms with Crippen molar-refractivity contribution in [2.75, 3.05) is 7.11 Å². The molecule has 2 rings (SSSR count). The molecule has 0 bridgehead atoms. The van der Waals surface area contributed by atoms with Gasteiger partial charge in [0, 0.05) is 11.1 Å². The lowest BCUT2D eigenvalue weighted by Gasteiger charge is -2.19. The second-order valence-corrected chi connectivity index (χ2v) is 4.86. The quantitative estimate of drug-likeness (QED) is 0.873. The highest BCUT2D eigenvalue weighted by molar-refractivity contribution is 5.48. The van der Waals surface area contributed by atoms with E-state index in [0.29, 0.717) is 16.9 Å². The molecule has 21 heavy (non-hydrogen) atoms. The van der Waals surface area contributed by atoms with E-state index in [1.165, 1.54) is 7.11 Å². The predicted octanol–water partition coefficient (Wildman–Crippen LogP) is 3.81. The van der Waals surface area contributed by atoms with Gasteiger partial charge in [0.25, 0.3) is 0 Å². The molecule has 2 nitrogen and oxygen atoms in total. The lowest BCUT2D eigenvalue weighted by atomic mass is 9.94. The summed E-state index contributed by atoms with van der Waals surface area (Å²) in [5.74, 6) is -3.93. The third-order valence-corrected chi connectivity index (χ3v) is 3.35. The lowest BCUT2D eigenvalue weighted by molar-refractivity contribution is 0.206. The molecule has 0 saturated carbocycles. The molecule has 0 fully saturated rings. The third kappa shape index (κ3) is 2.74. The minimum absolute atomic E-state index is 0.327. The van der Waals surface area contributed by atoms with Crippen LogP contribution in [-0.4, -0.2) is 12.2 Å². The van der Waals surface area contributed by atoms with Crippen LogP contribution in [-0.2, 0) is 0 Å². The molecular weight excluding hydrogens is 281 g/mol. The van der Waals surface area contributed by atoms with Crippen molar-refractivity contribution in [2.45, 2.75) is 20.0 Å². The van der Waals surface area contributed by atoms with Crippen LogP contribution in [0.4, 0.5) is 13.2 Å². The fourth-order valence-corrected chi connectivity index (χ4v) is 2.37.